The fourth-order valence-corrected chi connectivity index (χ4v) is 3.55. The molecule has 0 aliphatic heterocycles. The van der Waals surface area contributed by atoms with E-state index in [1.807, 2.05) is 24.3 Å². The van der Waals surface area contributed by atoms with Crippen LogP contribution < -0.4 is 20.3 Å². The molecule has 3 rings (SSSR count). The van der Waals surface area contributed by atoms with Crippen LogP contribution in [0.2, 0.25) is 0 Å². The molecule has 152 valence electrons. The predicted molar refractivity (Wildman–Crippen MR) is 101 cm³/mol. The van der Waals surface area contributed by atoms with Gasteiger partial charge < -0.3 is 29.9 Å². The summed E-state index contributed by atoms with van der Waals surface area (Å²) >= 11 is 0. The topological polar surface area (TPSA) is 119 Å². The number of carboxylic acids is 2. The van der Waals surface area contributed by atoms with Gasteiger partial charge in [-0.2, -0.15) is 0 Å². The number of anilines is 1. The number of ether oxygens (including phenoxy) is 1. The summed E-state index contributed by atoms with van der Waals surface area (Å²) < 4.78 is 5.47. The van der Waals surface area contributed by atoms with Gasteiger partial charge in [0.1, 0.15) is 5.75 Å². The van der Waals surface area contributed by atoms with Crippen molar-refractivity contribution in [2.75, 3.05) is 11.9 Å². The average Bonchev–Trinajstić information content (AvgIpc) is 2.73. The Kier molecular flexibility index (Phi) is 6.49. The van der Waals surface area contributed by atoms with Crippen molar-refractivity contribution < 1.29 is 29.3 Å². The quantitative estimate of drug-likeness (QED) is 0.758. The van der Waals surface area contributed by atoms with Crippen LogP contribution in [0.5, 0.6) is 5.75 Å². The van der Waals surface area contributed by atoms with Crippen LogP contribution in [-0.4, -0.2) is 24.5 Å². The molecule has 7 nitrogen and oxygen atoms in total. The second-order valence-corrected chi connectivity index (χ2v) is 7.11. The number of carbonyl (C=O) groups excluding carboxylic acids is 3. The summed E-state index contributed by atoms with van der Waals surface area (Å²) in [4.78, 5) is 34.1. The van der Waals surface area contributed by atoms with Gasteiger partial charge in [0.2, 0.25) is 0 Å². The van der Waals surface area contributed by atoms with Crippen LogP contribution >= 0.6 is 0 Å². The van der Waals surface area contributed by atoms with Crippen LogP contribution in [-0.2, 0) is 4.79 Å². The van der Waals surface area contributed by atoms with Crippen LogP contribution in [0.4, 0.5) is 5.69 Å². The third-order valence-corrected chi connectivity index (χ3v) is 5.01. The van der Waals surface area contributed by atoms with Crippen molar-refractivity contribution in [2.24, 2.45) is 0 Å². The highest BCUT2D eigenvalue weighted by molar-refractivity contribution is 5.97. The number of amides is 1. The maximum atomic E-state index is 12.1. The first-order valence-corrected chi connectivity index (χ1v) is 9.53. The number of carboxylic acid groups (broad SMARTS) is 2. The zero-order chi connectivity index (χ0) is 20.8. The molecule has 0 radical (unpaired) electrons. The van der Waals surface area contributed by atoms with E-state index in [-0.39, 0.29) is 23.4 Å². The molecule has 0 aromatic heterocycles. The Labute approximate surface area is 168 Å². The minimum Gasteiger partial charge on any atom is -0.545 e. The number of hydrogen-bond donors (Lipinski definition) is 1. The second kappa shape index (κ2) is 9.23. The highest BCUT2D eigenvalue weighted by Crippen LogP contribution is 2.33. The molecule has 1 aliphatic carbocycles. The van der Waals surface area contributed by atoms with Crippen molar-refractivity contribution in [3.63, 3.8) is 0 Å². The minimum atomic E-state index is -1.56. The van der Waals surface area contributed by atoms with Crippen molar-refractivity contribution >= 4 is 23.5 Å². The molecule has 0 atom stereocenters. The normalized spacial score (nSPS) is 14.2. The first-order valence-electron chi connectivity index (χ1n) is 9.53. The van der Waals surface area contributed by atoms with Gasteiger partial charge in [-0.1, -0.05) is 31.4 Å². The van der Waals surface area contributed by atoms with E-state index in [1.54, 1.807) is 0 Å². The summed E-state index contributed by atoms with van der Waals surface area (Å²) in [5.41, 5.74) is 0.532. The Morgan fingerprint density at radius 1 is 0.897 bits per heavy atom. The average molecular weight is 395 g/mol. The molecule has 0 spiro atoms. The fraction of sp³-hybridized carbons (Fsp3) is 0.318. The summed E-state index contributed by atoms with van der Waals surface area (Å²) in [7, 11) is 0. The number of carbonyl (C=O) groups is 3. The zero-order valence-electron chi connectivity index (χ0n) is 15.8. The Bertz CT molecular complexity index is 868. The Hall–Kier alpha value is -3.35. The minimum absolute atomic E-state index is 0.00662. The van der Waals surface area contributed by atoms with E-state index in [4.69, 9.17) is 4.74 Å². The number of benzene rings is 2. The smallest absolute Gasteiger partial charge is 0.262 e. The molecule has 1 amide bonds. The van der Waals surface area contributed by atoms with Gasteiger partial charge in [-0.25, -0.2) is 0 Å². The SMILES string of the molecule is O=C(COc1ccc(C2CCCCC2)cc1)Nc1cc(C(=O)[O-])cc(C(=O)[O-])c1. The Morgan fingerprint density at radius 3 is 2.03 bits per heavy atom. The molecule has 0 heterocycles. The van der Waals surface area contributed by atoms with E-state index in [0.29, 0.717) is 11.7 Å². The van der Waals surface area contributed by atoms with Gasteiger partial charge >= 0.3 is 0 Å². The lowest BCUT2D eigenvalue weighted by atomic mass is 9.84. The van der Waals surface area contributed by atoms with E-state index in [2.05, 4.69) is 5.32 Å². The van der Waals surface area contributed by atoms with E-state index >= 15 is 0 Å². The van der Waals surface area contributed by atoms with Crippen molar-refractivity contribution in [1.82, 2.24) is 0 Å². The molecule has 7 heteroatoms. The molecule has 1 fully saturated rings. The van der Waals surface area contributed by atoms with Gasteiger partial charge in [0, 0.05) is 5.69 Å². The highest BCUT2D eigenvalue weighted by atomic mass is 16.5. The maximum absolute atomic E-state index is 12.1. The lowest BCUT2D eigenvalue weighted by molar-refractivity contribution is -0.255. The summed E-state index contributed by atoms with van der Waals surface area (Å²) in [6, 6.07) is 10.8. The van der Waals surface area contributed by atoms with E-state index in [9.17, 15) is 24.6 Å². The van der Waals surface area contributed by atoms with Gasteiger partial charge in [-0.05, 0) is 65.8 Å². The van der Waals surface area contributed by atoms with E-state index in [1.165, 1.54) is 37.7 Å². The highest BCUT2D eigenvalue weighted by Gasteiger charge is 2.15. The molecule has 2 aromatic rings. The number of hydrogen-bond acceptors (Lipinski definition) is 6. The number of aromatic carboxylic acids is 2. The predicted octanol–water partition coefficient (Wildman–Crippen LogP) is 1.48. The molecule has 1 aliphatic rings. The Balaban J connectivity index is 1.58. The lowest BCUT2D eigenvalue weighted by Crippen LogP contribution is -2.27. The molecule has 1 N–H and O–H groups in total. The standard InChI is InChI=1S/C22H23NO6/c24-20(23-18-11-16(21(25)26)10-17(12-18)22(27)28)13-29-19-8-6-15(7-9-19)14-4-2-1-3-5-14/h6-12,14H,1-5,13H2,(H,23,24)(H,25,26)(H,27,28)/p-2. The van der Waals surface area contributed by atoms with Gasteiger partial charge in [-0.3, -0.25) is 4.79 Å². The van der Waals surface area contributed by atoms with Gasteiger partial charge in [0.15, 0.2) is 6.61 Å². The zero-order valence-corrected chi connectivity index (χ0v) is 15.8. The third-order valence-electron chi connectivity index (χ3n) is 5.01. The maximum Gasteiger partial charge on any atom is 0.262 e. The van der Waals surface area contributed by atoms with Crippen LogP contribution in [0.25, 0.3) is 0 Å². The Morgan fingerprint density at radius 2 is 1.48 bits per heavy atom. The summed E-state index contributed by atoms with van der Waals surface area (Å²) in [5.74, 6) is -2.55. The summed E-state index contributed by atoms with van der Waals surface area (Å²) in [6.07, 6.45) is 6.19. The van der Waals surface area contributed by atoms with Gasteiger partial charge in [0.25, 0.3) is 5.91 Å². The second-order valence-electron chi connectivity index (χ2n) is 7.11. The molecule has 0 saturated heterocycles. The molecule has 29 heavy (non-hydrogen) atoms. The monoisotopic (exact) mass is 395 g/mol. The van der Waals surface area contributed by atoms with Crippen molar-refractivity contribution in [3.05, 3.63) is 59.2 Å². The molecular formula is C22H21NO6-2. The van der Waals surface area contributed by atoms with Crippen LogP contribution in [0.3, 0.4) is 0 Å². The molecule has 0 bridgehead atoms. The largest absolute Gasteiger partial charge is 0.545 e. The van der Waals surface area contributed by atoms with Crippen LogP contribution in [0.1, 0.15) is 64.3 Å². The number of rotatable bonds is 7. The first-order chi connectivity index (χ1) is 13.9. The van der Waals surface area contributed by atoms with Gasteiger partial charge in [0.05, 0.1) is 11.9 Å². The molecule has 0 unspecified atom stereocenters. The summed E-state index contributed by atoms with van der Waals surface area (Å²) in [5, 5.41) is 24.4. The fourth-order valence-electron chi connectivity index (χ4n) is 3.55. The molecule has 1 saturated carbocycles. The van der Waals surface area contributed by atoms with E-state index < -0.39 is 17.8 Å². The third kappa shape index (κ3) is 5.57. The van der Waals surface area contributed by atoms with Crippen molar-refractivity contribution in [3.8, 4) is 5.75 Å². The van der Waals surface area contributed by atoms with Crippen LogP contribution in [0.15, 0.2) is 42.5 Å². The molecular weight excluding hydrogens is 374 g/mol. The van der Waals surface area contributed by atoms with Crippen LogP contribution in [0, 0.1) is 0 Å². The van der Waals surface area contributed by atoms with E-state index in [0.717, 1.165) is 18.2 Å². The van der Waals surface area contributed by atoms with Gasteiger partial charge in [-0.15, -0.1) is 0 Å². The molecule has 2 aromatic carbocycles. The lowest BCUT2D eigenvalue weighted by Gasteiger charge is -2.22. The van der Waals surface area contributed by atoms with Crippen molar-refractivity contribution in [1.29, 1.82) is 0 Å². The van der Waals surface area contributed by atoms with Crippen molar-refractivity contribution in [2.45, 2.75) is 38.0 Å². The first kappa shape index (κ1) is 20.4. The number of nitrogens with one attached hydrogen (secondary N) is 1. The summed E-state index contributed by atoms with van der Waals surface area (Å²) in [6.45, 7) is -0.307.